The van der Waals surface area contributed by atoms with Crippen LogP contribution in [-0.4, -0.2) is 36.8 Å². The van der Waals surface area contributed by atoms with Gasteiger partial charge in [0.2, 0.25) is 5.91 Å². The van der Waals surface area contributed by atoms with E-state index in [9.17, 15) is 4.79 Å². The van der Waals surface area contributed by atoms with Gasteiger partial charge in [-0.25, -0.2) is 0 Å². The summed E-state index contributed by atoms with van der Waals surface area (Å²) in [6.45, 7) is 7.95. The van der Waals surface area contributed by atoms with Gasteiger partial charge in [-0.3, -0.25) is 4.79 Å². The number of carbonyl (C=O) groups excluding carboxylic acids is 1. The van der Waals surface area contributed by atoms with Gasteiger partial charge in [-0.05, 0) is 26.3 Å². The molecule has 0 aliphatic carbocycles. The molecule has 0 radical (unpaired) electrons. The third-order valence-electron chi connectivity index (χ3n) is 2.25. The van der Waals surface area contributed by atoms with E-state index < -0.39 is 0 Å². The second-order valence-electron chi connectivity index (χ2n) is 3.99. The molecule has 0 saturated carbocycles. The predicted molar refractivity (Wildman–Crippen MR) is 61.6 cm³/mol. The van der Waals surface area contributed by atoms with E-state index in [-0.39, 0.29) is 17.9 Å². The van der Waals surface area contributed by atoms with Crippen LogP contribution in [0.3, 0.4) is 0 Å². The highest BCUT2D eigenvalue weighted by Crippen LogP contribution is 1.96. The number of aliphatic hydroxyl groups excluding tert-OH is 1. The van der Waals surface area contributed by atoms with Crippen LogP contribution in [0, 0.1) is 5.92 Å². The lowest BCUT2D eigenvalue weighted by Crippen LogP contribution is -2.35. The number of hydrogen-bond donors (Lipinski definition) is 3. The molecule has 4 nitrogen and oxygen atoms in total. The first-order valence-corrected chi connectivity index (χ1v) is 5.74. The normalized spacial score (nSPS) is 14.7. The van der Waals surface area contributed by atoms with Gasteiger partial charge < -0.3 is 15.7 Å². The van der Waals surface area contributed by atoms with Crippen molar-refractivity contribution in [2.24, 2.45) is 5.92 Å². The zero-order valence-corrected chi connectivity index (χ0v) is 10.0. The lowest BCUT2D eigenvalue weighted by molar-refractivity contribution is -0.124. The van der Waals surface area contributed by atoms with Gasteiger partial charge in [0.05, 0.1) is 6.10 Å². The summed E-state index contributed by atoms with van der Waals surface area (Å²) in [5, 5.41) is 15.0. The predicted octanol–water partition coefficient (Wildman–Crippen LogP) is 0.509. The molecule has 0 saturated heterocycles. The van der Waals surface area contributed by atoms with Crippen LogP contribution >= 0.6 is 0 Å². The molecule has 90 valence electrons. The van der Waals surface area contributed by atoms with Crippen molar-refractivity contribution < 1.29 is 9.90 Å². The average Bonchev–Trinajstić information content (AvgIpc) is 2.20. The minimum atomic E-state index is -0.277. The lowest BCUT2D eigenvalue weighted by atomic mass is 10.1. The third kappa shape index (κ3) is 8.39. The number of carbonyl (C=O) groups is 1. The van der Waals surface area contributed by atoms with Crippen molar-refractivity contribution in [2.45, 2.75) is 39.7 Å². The number of nitrogens with one attached hydrogen (secondary N) is 2. The van der Waals surface area contributed by atoms with Crippen molar-refractivity contribution >= 4 is 5.91 Å². The van der Waals surface area contributed by atoms with Gasteiger partial charge in [-0.1, -0.05) is 13.8 Å². The van der Waals surface area contributed by atoms with Crippen LogP contribution in [-0.2, 0) is 4.79 Å². The van der Waals surface area contributed by atoms with Gasteiger partial charge in [0, 0.05) is 19.0 Å². The van der Waals surface area contributed by atoms with Crippen LogP contribution in [0.5, 0.6) is 0 Å². The molecule has 0 aromatic rings. The third-order valence-corrected chi connectivity index (χ3v) is 2.25. The Balaban J connectivity index is 3.47. The monoisotopic (exact) mass is 216 g/mol. The van der Waals surface area contributed by atoms with Gasteiger partial charge in [0.15, 0.2) is 0 Å². The summed E-state index contributed by atoms with van der Waals surface area (Å²) in [6.07, 6.45) is 1.29. The fourth-order valence-electron chi connectivity index (χ4n) is 1.24. The molecule has 1 amide bonds. The van der Waals surface area contributed by atoms with E-state index in [0.29, 0.717) is 6.54 Å². The van der Waals surface area contributed by atoms with E-state index in [1.807, 2.05) is 13.8 Å². The molecule has 0 spiro atoms. The van der Waals surface area contributed by atoms with Crippen LogP contribution in [0.2, 0.25) is 0 Å². The molecule has 2 unspecified atom stereocenters. The Morgan fingerprint density at radius 1 is 1.40 bits per heavy atom. The molecule has 0 aliphatic rings. The first kappa shape index (κ1) is 14.4. The van der Waals surface area contributed by atoms with Gasteiger partial charge in [-0.15, -0.1) is 0 Å². The molecule has 2 atom stereocenters. The first-order valence-electron chi connectivity index (χ1n) is 5.74. The maximum atomic E-state index is 11.5. The molecule has 4 heteroatoms. The topological polar surface area (TPSA) is 61.4 Å². The van der Waals surface area contributed by atoms with Crippen molar-refractivity contribution in [3.05, 3.63) is 0 Å². The molecule has 3 N–H and O–H groups in total. The van der Waals surface area contributed by atoms with Crippen LogP contribution in [0.1, 0.15) is 33.6 Å². The minimum absolute atomic E-state index is 0.0106. The maximum Gasteiger partial charge on any atom is 0.224 e. The number of hydrogen-bond acceptors (Lipinski definition) is 3. The first-order chi connectivity index (χ1) is 7.07. The summed E-state index contributed by atoms with van der Waals surface area (Å²) >= 11 is 0. The summed E-state index contributed by atoms with van der Waals surface area (Å²) in [6, 6.07) is 0. The highest BCUT2D eigenvalue weighted by atomic mass is 16.3. The molecule has 0 bridgehead atoms. The molecule has 0 aromatic carbocycles. The Hall–Kier alpha value is -0.610. The van der Waals surface area contributed by atoms with E-state index in [0.717, 1.165) is 25.9 Å². The molecular formula is C11H24N2O2. The zero-order chi connectivity index (χ0) is 11.7. The Morgan fingerprint density at radius 2 is 2.07 bits per heavy atom. The molecular weight excluding hydrogens is 192 g/mol. The second kappa shape index (κ2) is 8.68. The second-order valence-corrected chi connectivity index (χ2v) is 3.99. The van der Waals surface area contributed by atoms with Crippen LogP contribution in [0.25, 0.3) is 0 Å². The van der Waals surface area contributed by atoms with Crippen LogP contribution in [0.4, 0.5) is 0 Å². The van der Waals surface area contributed by atoms with Crippen molar-refractivity contribution in [3.8, 4) is 0 Å². The van der Waals surface area contributed by atoms with Gasteiger partial charge >= 0.3 is 0 Å². The van der Waals surface area contributed by atoms with E-state index in [1.165, 1.54) is 0 Å². The largest absolute Gasteiger partial charge is 0.393 e. The molecule has 0 aliphatic heterocycles. The SMILES string of the molecule is CCNCC(C)C(=O)NCCCC(C)O. The van der Waals surface area contributed by atoms with Crippen molar-refractivity contribution in [2.75, 3.05) is 19.6 Å². The van der Waals surface area contributed by atoms with Crippen molar-refractivity contribution in [1.82, 2.24) is 10.6 Å². The fourth-order valence-corrected chi connectivity index (χ4v) is 1.24. The number of rotatable bonds is 8. The Labute approximate surface area is 92.4 Å². The van der Waals surface area contributed by atoms with E-state index >= 15 is 0 Å². The minimum Gasteiger partial charge on any atom is -0.393 e. The van der Waals surface area contributed by atoms with Crippen LogP contribution in [0.15, 0.2) is 0 Å². The van der Waals surface area contributed by atoms with E-state index in [1.54, 1.807) is 6.92 Å². The average molecular weight is 216 g/mol. The molecule has 0 fully saturated rings. The van der Waals surface area contributed by atoms with E-state index in [2.05, 4.69) is 10.6 Å². The summed E-state index contributed by atoms with van der Waals surface area (Å²) in [7, 11) is 0. The highest BCUT2D eigenvalue weighted by Gasteiger charge is 2.10. The van der Waals surface area contributed by atoms with Crippen molar-refractivity contribution in [3.63, 3.8) is 0 Å². The molecule has 0 rings (SSSR count). The van der Waals surface area contributed by atoms with Gasteiger partial charge in [0.1, 0.15) is 0 Å². The summed E-state index contributed by atoms with van der Waals surface area (Å²) < 4.78 is 0. The quantitative estimate of drug-likeness (QED) is 0.518. The zero-order valence-electron chi connectivity index (χ0n) is 10.0. The van der Waals surface area contributed by atoms with Gasteiger partial charge in [0.25, 0.3) is 0 Å². The lowest BCUT2D eigenvalue weighted by Gasteiger charge is -2.12. The van der Waals surface area contributed by atoms with E-state index in [4.69, 9.17) is 5.11 Å². The standard InChI is InChI=1S/C11H24N2O2/c1-4-12-8-9(2)11(15)13-7-5-6-10(3)14/h9-10,12,14H,4-8H2,1-3H3,(H,13,15). The Morgan fingerprint density at radius 3 is 2.60 bits per heavy atom. The van der Waals surface area contributed by atoms with Crippen molar-refractivity contribution in [1.29, 1.82) is 0 Å². The Kier molecular flexibility index (Phi) is 8.33. The summed E-state index contributed by atoms with van der Waals surface area (Å²) in [5.74, 6) is 0.0954. The number of aliphatic hydroxyl groups is 1. The smallest absolute Gasteiger partial charge is 0.224 e. The fraction of sp³-hybridized carbons (Fsp3) is 0.909. The molecule has 0 aromatic heterocycles. The number of amides is 1. The molecule has 15 heavy (non-hydrogen) atoms. The maximum absolute atomic E-state index is 11.5. The summed E-state index contributed by atoms with van der Waals surface area (Å²) in [5.41, 5.74) is 0. The molecule has 0 heterocycles. The summed E-state index contributed by atoms with van der Waals surface area (Å²) in [4.78, 5) is 11.5. The van der Waals surface area contributed by atoms with Gasteiger partial charge in [-0.2, -0.15) is 0 Å². The van der Waals surface area contributed by atoms with Crippen LogP contribution < -0.4 is 10.6 Å². The highest BCUT2D eigenvalue weighted by molar-refractivity contribution is 5.78. The Bertz CT molecular complexity index is 172.